The third-order valence-corrected chi connectivity index (χ3v) is 3.32. The van der Waals surface area contributed by atoms with Gasteiger partial charge in [-0.3, -0.25) is 4.90 Å². The van der Waals surface area contributed by atoms with Crippen molar-refractivity contribution in [2.24, 2.45) is 5.92 Å². The molecule has 0 spiro atoms. The number of ether oxygens (including phenoxy) is 2. The number of fused-ring (bicyclic) bond motifs is 1. The van der Waals surface area contributed by atoms with Crippen LogP contribution in [0.3, 0.4) is 0 Å². The van der Waals surface area contributed by atoms with Gasteiger partial charge in [0.2, 0.25) is 0 Å². The third kappa shape index (κ3) is 3.08. The molecule has 1 heterocycles. The SMILES string of the molecule is C=CCOC(=O)[C@@H]1C[C@H]2C[C@H]2N1C(=O)OC(C)(C)C. The quantitative estimate of drug-likeness (QED) is 0.580. The zero-order valence-corrected chi connectivity index (χ0v) is 11.7. The first kappa shape index (κ1) is 13.9. The molecule has 0 unspecified atom stereocenters. The van der Waals surface area contributed by atoms with Crippen molar-refractivity contribution in [2.45, 2.75) is 51.3 Å². The highest BCUT2D eigenvalue weighted by Gasteiger charge is 2.57. The number of rotatable bonds is 3. The summed E-state index contributed by atoms with van der Waals surface area (Å²) in [6.07, 6.45) is 2.74. The lowest BCUT2D eigenvalue weighted by Gasteiger charge is -2.29. The predicted octanol–water partition coefficient (Wildman–Crippen LogP) is 2.11. The van der Waals surface area contributed by atoms with E-state index in [2.05, 4.69) is 6.58 Å². The van der Waals surface area contributed by atoms with E-state index in [4.69, 9.17) is 9.47 Å². The van der Waals surface area contributed by atoms with E-state index in [1.807, 2.05) is 20.8 Å². The first-order valence-electron chi connectivity index (χ1n) is 6.62. The molecule has 1 saturated carbocycles. The maximum Gasteiger partial charge on any atom is 0.411 e. The fraction of sp³-hybridized carbons (Fsp3) is 0.714. The number of hydrogen-bond donors (Lipinski definition) is 0. The van der Waals surface area contributed by atoms with Crippen molar-refractivity contribution in [3.05, 3.63) is 12.7 Å². The van der Waals surface area contributed by atoms with Crippen LogP contribution in [0.2, 0.25) is 0 Å². The minimum Gasteiger partial charge on any atom is -0.460 e. The molecule has 5 heteroatoms. The van der Waals surface area contributed by atoms with E-state index in [0.29, 0.717) is 12.3 Å². The molecule has 0 bridgehead atoms. The summed E-state index contributed by atoms with van der Waals surface area (Å²) in [5.74, 6) is 0.0618. The fourth-order valence-electron chi connectivity index (χ4n) is 2.48. The normalized spacial score (nSPS) is 28.6. The molecule has 0 aromatic rings. The van der Waals surface area contributed by atoms with Gasteiger partial charge in [0.15, 0.2) is 0 Å². The molecule has 1 amide bonds. The molecule has 0 radical (unpaired) electrons. The first-order valence-corrected chi connectivity index (χ1v) is 6.62. The highest BCUT2D eigenvalue weighted by atomic mass is 16.6. The molecular weight excluding hydrogens is 246 g/mol. The van der Waals surface area contributed by atoms with Crippen molar-refractivity contribution in [1.29, 1.82) is 0 Å². The molecule has 2 rings (SSSR count). The molecule has 3 atom stereocenters. The standard InChI is InChI=1S/C14H21NO4/c1-5-6-18-12(16)11-8-9-7-10(9)15(11)13(17)19-14(2,3)4/h5,9-11H,1,6-8H2,2-4H3/t9-,10-,11+/m1/s1. The lowest BCUT2D eigenvalue weighted by atomic mass is 10.1. The number of likely N-dealkylation sites (tertiary alicyclic amines) is 1. The Balaban J connectivity index is 2.02. The average Bonchev–Trinajstić information content (AvgIpc) is 2.94. The summed E-state index contributed by atoms with van der Waals surface area (Å²) in [6, 6.07) is -0.352. The Morgan fingerprint density at radius 3 is 2.63 bits per heavy atom. The number of nitrogens with zero attached hydrogens (tertiary/aromatic N) is 1. The topological polar surface area (TPSA) is 55.8 Å². The van der Waals surface area contributed by atoms with Gasteiger partial charge in [-0.2, -0.15) is 0 Å². The van der Waals surface area contributed by atoms with E-state index in [9.17, 15) is 9.59 Å². The van der Waals surface area contributed by atoms with Crippen LogP contribution in [0, 0.1) is 5.92 Å². The van der Waals surface area contributed by atoms with Gasteiger partial charge < -0.3 is 9.47 Å². The average molecular weight is 267 g/mol. The van der Waals surface area contributed by atoms with Gasteiger partial charge in [0.05, 0.1) is 0 Å². The Labute approximate surface area is 113 Å². The molecule has 106 valence electrons. The van der Waals surface area contributed by atoms with Crippen LogP contribution in [-0.2, 0) is 14.3 Å². The summed E-state index contributed by atoms with van der Waals surface area (Å²) in [5.41, 5.74) is -0.556. The van der Waals surface area contributed by atoms with E-state index in [1.54, 1.807) is 4.90 Å². The summed E-state index contributed by atoms with van der Waals surface area (Å²) in [6.45, 7) is 9.12. The van der Waals surface area contributed by atoms with Crippen molar-refractivity contribution < 1.29 is 19.1 Å². The minimum atomic E-state index is -0.556. The molecule has 0 N–H and O–H groups in total. The van der Waals surface area contributed by atoms with Crippen molar-refractivity contribution in [2.75, 3.05) is 6.61 Å². The maximum absolute atomic E-state index is 12.2. The van der Waals surface area contributed by atoms with Gasteiger partial charge in [-0.1, -0.05) is 12.7 Å². The monoisotopic (exact) mass is 267 g/mol. The smallest absolute Gasteiger partial charge is 0.411 e. The zero-order chi connectivity index (χ0) is 14.2. The number of piperidine rings is 1. The number of esters is 1. The number of carbonyl (C=O) groups excluding carboxylic acids is 2. The second kappa shape index (κ2) is 4.87. The fourth-order valence-corrected chi connectivity index (χ4v) is 2.48. The molecule has 0 aromatic carbocycles. The van der Waals surface area contributed by atoms with Gasteiger partial charge in [0.1, 0.15) is 18.2 Å². The molecule has 1 aliphatic heterocycles. The summed E-state index contributed by atoms with van der Waals surface area (Å²) in [7, 11) is 0. The molecule has 5 nitrogen and oxygen atoms in total. The highest BCUT2D eigenvalue weighted by molar-refractivity contribution is 5.83. The number of amides is 1. The van der Waals surface area contributed by atoms with Crippen LogP contribution in [0.15, 0.2) is 12.7 Å². The molecule has 0 aromatic heterocycles. The van der Waals surface area contributed by atoms with Crippen LogP contribution in [0.4, 0.5) is 4.79 Å². The van der Waals surface area contributed by atoms with Crippen molar-refractivity contribution in [3.8, 4) is 0 Å². The Bertz CT molecular complexity index is 399. The predicted molar refractivity (Wildman–Crippen MR) is 69.5 cm³/mol. The van der Waals surface area contributed by atoms with E-state index < -0.39 is 17.7 Å². The van der Waals surface area contributed by atoms with Crippen LogP contribution in [-0.4, -0.2) is 41.3 Å². The van der Waals surface area contributed by atoms with Crippen LogP contribution in [0.5, 0.6) is 0 Å². The van der Waals surface area contributed by atoms with E-state index >= 15 is 0 Å². The number of hydrogen-bond acceptors (Lipinski definition) is 4. The summed E-state index contributed by atoms with van der Waals surface area (Å²) >= 11 is 0. The largest absolute Gasteiger partial charge is 0.460 e. The lowest BCUT2D eigenvalue weighted by Crippen LogP contribution is -2.46. The van der Waals surface area contributed by atoms with Crippen LogP contribution < -0.4 is 0 Å². The van der Waals surface area contributed by atoms with Crippen molar-refractivity contribution >= 4 is 12.1 Å². The summed E-state index contributed by atoms with van der Waals surface area (Å²) in [5, 5.41) is 0. The van der Waals surface area contributed by atoms with Gasteiger partial charge in [-0.25, -0.2) is 9.59 Å². The van der Waals surface area contributed by atoms with Crippen molar-refractivity contribution in [3.63, 3.8) is 0 Å². The Hall–Kier alpha value is -1.52. The lowest BCUT2D eigenvalue weighted by molar-refractivity contribution is -0.148. The molecular formula is C14H21NO4. The maximum atomic E-state index is 12.2. The van der Waals surface area contributed by atoms with Crippen LogP contribution in [0.25, 0.3) is 0 Å². The molecule has 1 aliphatic carbocycles. The summed E-state index contributed by atoms with van der Waals surface area (Å²) < 4.78 is 10.4. The van der Waals surface area contributed by atoms with Gasteiger partial charge in [-0.15, -0.1) is 0 Å². The Kier molecular flexibility index (Phi) is 3.56. The van der Waals surface area contributed by atoms with Crippen LogP contribution >= 0.6 is 0 Å². The Morgan fingerprint density at radius 2 is 2.05 bits per heavy atom. The van der Waals surface area contributed by atoms with Gasteiger partial charge in [-0.05, 0) is 39.5 Å². The summed E-state index contributed by atoms with van der Waals surface area (Å²) in [4.78, 5) is 25.7. The molecule has 2 fully saturated rings. The highest BCUT2D eigenvalue weighted by Crippen LogP contribution is 2.48. The zero-order valence-electron chi connectivity index (χ0n) is 11.7. The Morgan fingerprint density at radius 1 is 1.37 bits per heavy atom. The second-order valence-corrected chi connectivity index (χ2v) is 6.12. The van der Waals surface area contributed by atoms with E-state index in [0.717, 1.165) is 6.42 Å². The van der Waals surface area contributed by atoms with E-state index in [-0.39, 0.29) is 18.6 Å². The van der Waals surface area contributed by atoms with Gasteiger partial charge >= 0.3 is 12.1 Å². The molecule has 1 saturated heterocycles. The molecule has 2 aliphatic rings. The van der Waals surface area contributed by atoms with Crippen molar-refractivity contribution in [1.82, 2.24) is 4.90 Å². The van der Waals surface area contributed by atoms with Gasteiger partial charge in [0, 0.05) is 6.04 Å². The second-order valence-electron chi connectivity index (χ2n) is 6.12. The molecule has 19 heavy (non-hydrogen) atoms. The van der Waals surface area contributed by atoms with E-state index in [1.165, 1.54) is 6.08 Å². The first-order chi connectivity index (χ1) is 8.83. The minimum absolute atomic E-state index is 0.149. The number of carbonyl (C=O) groups is 2. The van der Waals surface area contributed by atoms with Gasteiger partial charge in [0.25, 0.3) is 0 Å². The third-order valence-electron chi connectivity index (χ3n) is 3.32. The van der Waals surface area contributed by atoms with Crippen LogP contribution in [0.1, 0.15) is 33.6 Å².